The van der Waals surface area contributed by atoms with E-state index in [2.05, 4.69) is 56.2 Å². The molecule has 7 nitrogen and oxygen atoms in total. The third kappa shape index (κ3) is 7.79. The first-order valence-electron chi connectivity index (χ1n) is 9.47. The maximum Gasteiger partial charge on any atom is 0.405 e. The summed E-state index contributed by atoms with van der Waals surface area (Å²) in [6.07, 6.45) is -0.481. The summed E-state index contributed by atoms with van der Waals surface area (Å²) in [7, 11) is -0.254. The van der Waals surface area contributed by atoms with E-state index < -0.39 is 20.5 Å². The predicted octanol–water partition coefficient (Wildman–Crippen LogP) is 4.32. The highest BCUT2D eigenvalue weighted by molar-refractivity contribution is 6.74. The molecule has 0 saturated carbocycles. The molecule has 1 atom stereocenters. The van der Waals surface area contributed by atoms with Crippen LogP contribution in [0.5, 0.6) is 5.75 Å². The highest BCUT2D eigenvalue weighted by Crippen LogP contribution is 2.36. The average molecular weight is 421 g/mol. The maximum absolute atomic E-state index is 11.2. The quantitative estimate of drug-likeness (QED) is 0.145. The van der Waals surface area contributed by atoms with Crippen LogP contribution in [-0.4, -0.2) is 50.2 Å². The molecule has 0 aliphatic rings. The minimum Gasteiger partial charge on any atom is -0.497 e. The standard InChI is InChI=1S/C21H32N2O5Si/c1-21(2,3)29(5,6)28-15-9-7-8-10-18(22-20(24)25)19(23-26)16-11-13-17(27-4)14-12-16/h11-14,18,22,26H,9-10,15H2,1-6H3,(H,24,25)/t18-/m0/s1. The van der Waals surface area contributed by atoms with Crippen LogP contribution in [-0.2, 0) is 4.43 Å². The zero-order valence-corrected chi connectivity index (χ0v) is 19.1. The van der Waals surface area contributed by atoms with Gasteiger partial charge in [0.1, 0.15) is 11.5 Å². The van der Waals surface area contributed by atoms with Crippen LogP contribution in [0, 0.1) is 11.8 Å². The number of methoxy groups -OCH3 is 1. The zero-order valence-electron chi connectivity index (χ0n) is 18.1. The summed E-state index contributed by atoms with van der Waals surface area (Å²) in [5.41, 5.74) is 0.775. The molecule has 1 aromatic rings. The minimum absolute atomic E-state index is 0.141. The lowest BCUT2D eigenvalue weighted by Crippen LogP contribution is -2.41. The van der Waals surface area contributed by atoms with Gasteiger partial charge in [0.05, 0.1) is 13.2 Å². The van der Waals surface area contributed by atoms with Gasteiger partial charge in [-0.1, -0.05) is 25.9 Å². The Hall–Kier alpha value is -2.50. The Labute approximate surface area is 174 Å². The Kier molecular flexibility index (Phi) is 9.21. The van der Waals surface area contributed by atoms with Crippen LogP contribution in [0.3, 0.4) is 0 Å². The molecule has 160 valence electrons. The molecule has 0 heterocycles. The van der Waals surface area contributed by atoms with E-state index in [1.807, 2.05) is 0 Å². The molecule has 0 fully saturated rings. The van der Waals surface area contributed by atoms with Crippen LogP contribution in [0.1, 0.15) is 39.2 Å². The van der Waals surface area contributed by atoms with Gasteiger partial charge in [0, 0.05) is 25.0 Å². The first-order valence-corrected chi connectivity index (χ1v) is 12.4. The van der Waals surface area contributed by atoms with Crippen LogP contribution in [0.15, 0.2) is 29.4 Å². The van der Waals surface area contributed by atoms with Crippen LogP contribution in [0.4, 0.5) is 4.79 Å². The number of hydrogen-bond acceptors (Lipinski definition) is 5. The first kappa shape index (κ1) is 24.5. The summed E-state index contributed by atoms with van der Waals surface area (Å²) in [5.74, 6) is 6.63. The molecule has 29 heavy (non-hydrogen) atoms. The second-order valence-corrected chi connectivity index (χ2v) is 12.9. The third-order valence-corrected chi connectivity index (χ3v) is 9.59. The number of nitrogens with zero attached hydrogens (tertiary/aromatic N) is 1. The van der Waals surface area contributed by atoms with Crippen LogP contribution in [0.2, 0.25) is 18.1 Å². The van der Waals surface area contributed by atoms with Crippen LogP contribution < -0.4 is 10.1 Å². The molecular formula is C21H32N2O5Si. The molecule has 0 aliphatic carbocycles. The van der Waals surface area contributed by atoms with E-state index in [4.69, 9.17) is 14.3 Å². The second kappa shape index (κ2) is 10.9. The number of carboxylic acid groups (broad SMARTS) is 1. The van der Waals surface area contributed by atoms with Gasteiger partial charge in [-0.2, -0.15) is 0 Å². The van der Waals surface area contributed by atoms with Crippen molar-refractivity contribution in [1.29, 1.82) is 0 Å². The number of benzene rings is 1. The topological polar surface area (TPSA) is 100 Å². The van der Waals surface area contributed by atoms with E-state index in [0.717, 1.165) is 0 Å². The fourth-order valence-electron chi connectivity index (χ4n) is 2.29. The number of hydrogen-bond donors (Lipinski definition) is 3. The van der Waals surface area contributed by atoms with Crippen molar-refractivity contribution >= 4 is 20.1 Å². The third-order valence-electron chi connectivity index (χ3n) is 5.05. The fourth-order valence-corrected chi connectivity index (χ4v) is 3.34. The number of rotatable bonds is 8. The minimum atomic E-state index is -1.80. The Balaban J connectivity index is 2.77. The molecular weight excluding hydrogens is 388 g/mol. The van der Waals surface area contributed by atoms with Crippen molar-refractivity contribution in [3.63, 3.8) is 0 Å². The highest BCUT2D eigenvalue weighted by atomic mass is 28.4. The van der Waals surface area contributed by atoms with E-state index in [-0.39, 0.29) is 17.2 Å². The van der Waals surface area contributed by atoms with Gasteiger partial charge in [0.2, 0.25) is 0 Å². The molecule has 0 bridgehead atoms. The van der Waals surface area contributed by atoms with Gasteiger partial charge in [-0.25, -0.2) is 4.79 Å². The largest absolute Gasteiger partial charge is 0.497 e. The Morgan fingerprint density at radius 1 is 1.24 bits per heavy atom. The lowest BCUT2D eigenvalue weighted by molar-refractivity contribution is 0.192. The highest BCUT2D eigenvalue weighted by Gasteiger charge is 2.36. The fraction of sp³-hybridized carbons (Fsp3) is 0.524. The second-order valence-electron chi connectivity index (χ2n) is 8.13. The van der Waals surface area contributed by atoms with Gasteiger partial charge in [0.15, 0.2) is 8.32 Å². The number of nitrogens with one attached hydrogen (secondary N) is 1. The molecule has 1 amide bonds. The molecule has 0 radical (unpaired) electrons. The summed E-state index contributed by atoms with van der Waals surface area (Å²) in [5, 5.41) is 24.4. The van der Waals surface area contributed by atoms with E-state index in [0.29, 0.717) is 24.3 Å². The zero-order chi connectivity index (χ0) is 22.1. The SMILES string of the molecule is COc1ccc(C(=NO)[C@H](CC#CCCO[Si](C)(C)C(C)(C)C)NC(=O)O)cc1. The van der Waals surface area contributed by atoms with Crippen molar-refractivity contribution in [2.24, 2.45) is 5.16 Å². The molecule has 0 saturated heterocycles. The summed E-state index contributed by atoms with van der Waals surface area (Å²) < 4.78 is 11.2. The molecule has 0 aromatic heterocycles. The van der Waals surface area contributed by atoms with Crippen molar-refractivity contribution < 1.29 is 24.3 Å². The lowest BCUT2D eigenvalue weighted by atomic mass is 10.0. The number of ether oxygens (including phenoxy) is 1. The van der Waals surface area contributed by atoms with Gasteiger partial charge in [-0.15, -0.1) is 11.8 Å². The van der Waals surface area contributed by atoms with E-state index in [9.17, 15) is 10.0 Å². The van der Waals surface area contributed by atoms with Crippen molar-refractivity contribution in [3.05, 3.63) is 29.8 Å². The molecule has 0 aliphatic heterocycles. The first-order chi connectivity index (χ1) is 13.5. The number of carbonyl (C=O) groups is 1. The Morgan fingerprint density at radius 3 is 2.34 bits per heavy atom. The van der Waals surface area contributed by atoms with E-state index >= 15 is 0 Å². The molecule has 0 spiro atoms. The summed E-state index contributed by atoms with van der Waals surface area (Å²) in [6.45, 7) is 11.5. The molecule has 3 N–H and O–H groups in total. The van der Waals surface area contributed by atoms with E-state index in [1.54, 1.807) is 31.4 Å². The van der Waals surface area contributed by atoms with Crippen molar-refractivity contribution in [1.82, 2.24) is 5.32 Å². The number of amides is 1. The normalized spacial score (nSPS) is 13.2. The predicted molar refractivity (Wildman–Crippen MR) is 116 cm³/mol. The number of oxime groups is 1. The van der Waals surface area contributed by atoms with Crippen LogP contribution in [0.25, 0.3) is 0 Å². The van der Waals surface area contributed by atoms with Gasteiger partial charge in [-0.3, -0.25) is 0 Å². The summed E-state index contributed by atoms with van der Waals surface area (Å²) >= 11 is 0. The Bertz CT molecular complexity index is 758. The monoisotopic (exact) mass is 420 g/mol. The smallest absolute Gasteiger partial charge is 0.405 e. The van der Waals surface area contributed by atoms with Gasteiger partial charge in [0.25, 0.3) is 0 Å². The summed E-state index contributed by atoms with van der Waals surface area (Å²) in [4.78, 5) is 11.2. The van der Waals surface area contributed by atoms with Gasteiger partial charge < -0.3 is 24.8 Å². The van der Waals surface area contributed by atoms with Crippen molar-refractivity contribution in [2.75, 3.05) is 13.7 Å². The summed E-state index contributed by atoms with van der Waals surface area (Å²) in [6, 6.07) is 6.06. The van der Waals surface area contributed by atoms with E-state index in [1.165, 1.54) is 0 Å². The average Bonchev–Trinajstić information content (AvgIpc) is 2.64. The lowest BCUT2D eigenvalue weighted by Gasteiger charge is -2.35. The van der Waals surface area contributed by atoms with Gasteiger partial charge in [-0.05, 0) is 42.4 Å². The van der Waals surface area contributed by atoms with Crippen LogP contribution >= 0.6 is 0 Å². The Morgan fingerprint density at radius 2 is 1.86 bits per heavy atom. The molecule has 0 unspecified atom stereocenters. The molecule has 1 aromatic carbocycles. The molecule has 8 heteroatoms. The van der Waals surface area contributed by atoms with Crippen molar-refractivity contribution in [2.45, 2.75) is 57.8 Å². The van der Waals surface area contributed by atoms with Gasteiger partial charge >= 0.3 is 6.09 Å². The van der Waals surface area contributed by atoms with Crippen molar-refractivity contribution in [3.8, 4) is 17.6 Å². The maximum atomic E-state index is 11.2. The molecule has 1 rings (SSSR count).